The fourth-order valence-corrected chi connectivity index (χ4v) is 1.54. The molecular formula is C8H6BrF5N2. The van der Waals surface area contributed by atoms with Crippen molar-refractivity contribution in [1.82, 2.24) is 4.98 Å². The van der Waals surface area contributed by atoms with Crippen LogP contribution in [0.3, 0.4) is 0 Å². The molecule has 0 spiro atoms. The SMILES string of the molecule is NCc1cc(C(F)F)c(C(F)(F)F)nc1Br. The lowest BCUT2D eigenvalue weighted by molar-refractivity contribution is -0.143. The Labute approximate surface area is 95.8 Å². The van der Waals surface area contributed by atoms with Crippen LogP contribution in [0.25, 0.3) is 0 Å². The number of nitrogens with two attached hydrogens (primary N) is 1. The van der Waals surface area contributed by atoms with Gasteiger partial charge in [0, 0.05) is 12.1 Å². The van der Waals surface area contributed by atoms with Crippen LogP contribution in [0.5, 0.6) is 0 Å². The number of halogens is 6. The fourth-order valence-electron chi connectivity index (χ4n) is 1.09. The molecule has 1 rings (SSSR count). The molecule has 1 aromatic rings. The quantitative estimate of drug-likeness (QED) is 0.673. The summed E-state index contributed by atoms with van der Waals surface area (Å²) in [5, 5.41) is 0. The lowest BCUT2D eigenvalue weighted by Gasteiger charge is -2.13. The predicted molar refractivity (Wildman–Crippen MR) is 49.8 cm³/mol. The Kier molecular flexibility index (Phi) is 3.84. The lowest BCUT2D eigenvalue weighted by Crippen LogP contribution is -2.14. The van der Waals surface area contributed by atoms with Crippen molar-refractivity contribution in [2.75, 3.05) is 0 Å². The molecule has 0 unspecified atom stereocenters. The molecule has 0 fully saturated rings. The highest BCUT2D eigenvalue weighted by Gasteiger charge is 2.38. The molecule has 16 heavy (non-hydrogen) atoms. The molecule has 0 aliphatic carbocycles. The van der Waals surface area contributed by atoms with Gasteiger partial charge in [-0.15, -0.1) is 0 Å². The van der Waals surface area contributed by atoms with Gasteiger partial charge in [0.25, 0.3) is 6.43 Å². The first-order valence-corrected chi connectivity index (χ1v) is 4.81. The topological polar surface area (TPSA) is 38.9 Å². The summed E-state index contributed by atoms with van der Waals surface area (Å²) in [4.78, 5) is 3.07. The standard InChI is InChI=1S/C8H6BrF5N2/c9-6-3(2-15)1-4(7(10)11)5(16-6)8(12,13)14/h1,7H,2,15H2. The van der Waals surface area contributed by atoms with Gasteiger partial charge in [0.05, 0.1) is 0 Å². The maximum atomic E-state index is 12.4. The minimum Gasteiger partial charge on any atom is -0.326 e. The highest BCUT2D eigenvalue weighted by atomic mass is 79.9. The van der Waals surface area contributed by atoms with Gasteiger partial charge in [0.1, 0.15) is 4.60 Å². The molecule has 8 heteroatoms. The van der Waals surface area contributed by atoms with Crippen molar-refractivity contribution in [1.29, 1.82) is 0 Å². The van der Waals surface area contributed by atoms with Gasteiger partial charge < -0.3 is 5.73 Å². The van der Waals surface area contributed by atoms with E-state index in [4.69, 9.17) is 5.73 Å². The van der Waals surface area contributed by atoms with Gasteiger partial charge in [-0.1, -0.05) is 0 Å². The summed E-state index contributed by atoms with van der Waals surface area (Å²) in [6.07, 6.45) is -8.16. The van der Waals surface area contributed by atoms with E-state index in [0.717, 1.165) is 0 Å². The third-order valence-electron chi connectivity index (χ3n) is 1.80. The zero-order chi connectivity index (χ0) is 12.5. The molecule has 0 aliphatic heterocycles. The van der Waals surface area contributed by atoms with Crippen LogP contribution in [-0.4, -0.2) is 4.98 Å². The van der Waals surface area contributed by atoms with Crippen molar-refractivity contribution >= 4 is 15.9 Å². The summed E-state index contributed by atoms with van der Waals surface area (Å²) < 4.78 is 61.8. The molecule has 0 saturated heterocycles. The highest BCUT2D eigenvalue weighted by molar-refractivity contribution is 9.10. The first kappa shape index (κ1) is 13.3. The average molecular weight is 305 g/mol. The Balaban J connectivity index is 3.42. The second-order valence-corrected chi connectivity index (χ2v) is 3.63. The third kappa shape index (κ3) is 2.67. The van der Waals surface area contributed by atoms with E-state index in [1.165, 1.54) is 0 Å². The van der Waals surface area contributed by atoms with Gasteiger partial charge in [-0.3, -0.25) is 0 Å². The smallest absolute Gasteiger partial charge is 0.326 e. The summed E-state index contributed by atoms with van der Waals surface area (Å²) in [7, 11) is 0. The summed E-state index contributed by atoms with van der Waals surface area (Å²) in [6, 6.07) is 0.713. The lowest BCUT2D eigenvalue weighted by atomic mass is 10.1. The van der Waals surface area contributed by atoms with E-state index >= 15 is 0 Å². The van der Waals surface area contributed by atoms with E-state index in [1.54, 1.807) is 0 Å². The van der Waals surface area contributed by atoms with Crippen LogP contribution in [0, 0.1) is 0 Å². The average Bonchev–Trinajstić information content (AvgIpc) is 2.15. The minimum absolute atomic E-state index is 0.100. The van der Waals surface area contributed by atoms with Crippen LogP contribution in [0.4, 0.5) is 22.0 Å². The van der Waals surface area contributed by atoms with E-state index in [1.807, 2.05) is 0 Å². The Hall–Kier alpha value is -0.760. The largest absolute Gasteiger partial charge is 0.433 e. The summed E-state index contributed by atoms with van der Waals surface area (Å²) >= 11 is 2.75. The van der Waals surface area contributed by atoms with Crippen molar-refractivity contribution in [2.45, 2.75) is 19.1 Å². The van der Waals surface area contributed by atoms with E-state index in [-0.39, 0.29) is 16.7 Å². The van der Waals surface area contributed by atoms with Crippen LogP contribution in [0.1, 0.15) is 23.2 Å². The van der Waals surface area contributed by atoms with Crippen LogP contribution >= 0.6 is 15.9 Å². The number of rotatable bonds is 2. The Bertz CT molecular complexity index is 391. The van der Waals surface area contributed by atoms with E-state index in [9.17, 15) is 22.0 Å². The number of nitrogens with zero attached hydrogens (tertiary/aromatic N) is 1. The van der Waals surface area contributed by atoms with Crippen molar-refractivity contribution in [3.63, 3.8) is 0 Å². The van der Waals surface area contributed by atoms with Crippen LogP contribution in [0.2, 0.25) is 0 Å². The molecular weight excluding hydrogens is 299 g/mol. The third-order valence-corrected chi connectivity index (χ3v) is 2.49. The van der Waals surface area contributed by atoms with E-state index in [0.29, 0.717) is 6.07 Å². The monoisotopic (exact) mass is 304 g/mol. The first-order valence-electron chi connectivity index (χ1n) is 4.02. The number of hydrogen-bond donors (Lipinski definition) is 1. The molecule has 1 aromatic heterocycles. The number of hydrogen-bond acceptors (Lipinski definition) is 2. The van der Waals surface area contributed by atoms with Gasteiger partial charge >= 0.3 is 6.18 Å². The van der Waals surface area contributed by atoms with Gasteiger partial charge in [-0.05, 0) is 27.6 Å². The minimum atomic E-state index is -4.92. The molecule has 0 aliphatic rings. The number of pyridine rings is 1. The van der Waals surface area contributed by atoms with Crippen molar-refractivity contribution in [3.05, 3.63) is 27.5 Å². The van der Waals surface area contributed by atoms with Gasteiger partial charge in [-0.2, -0.15) is 13.2 Å². The maximum absolute atomic E-state index is 12.4. The second-order valence-electron chi connectivity index (χ2n) is 2.88. The Morgan fingerprint density at radius 2 is 1.94 bits per heavy atom. The maximum Gasteiger partial charge on any atom is 0.433 e. The molecule has 0 aromatic carbocycles. The van der Waals surface area contributed by atoms with Crippen LogP contribution < -0.4 is 5.73 Å². The summed E-state index contributed by atoms with van der Waals surface area (Å²) in [6.45, 7) is -0.175. The van der Waals surface area contributed by atoms with E-state index in [2.05, 4.69) is 20.9 Å². The predicted octanol–water partition coefficient (Wildman–Crippen LogP) is 3.26. The van der Waals surface area contributed by atoms with Gasteiger partial charge in [0.15, 0.2) is 5.69 Å². The fraction of sp³-hybridized carbons (Fsp3) is 0.375. The van der Waals surface area contributed by atoms with Crippen molar-refractivity contribution < 1.29 is 22.0 Å². The van der Waals surface area contributed by atoms with Crippen LogP contribution in [-0.2, 0) is 12.7 Å². The zero-order valence-corrected chi connectivity index (χ0v) is 9.24. The van der Waals surface area contributed by atoms with Gasteiger partial charge in [0.2, 0.25) is 0 Å². The number of alkyl halides is 5. The van der Waals surface area contributed by atoms with E-state index < -0.39 is 23.9 Å². The summed E-state index contributed by atoms with van der Waals surface area (Å²) in [5.41, 5.74) is 2.54. The molecule has 1 heterocycles. The highest BCUT2D eigenvalue weighted by Crippen LogP contribution is 2.36. The zero-order valence-electron chi connectivity index (χ0n) is 7.65. The number of aromatic nitrogens is 1. The molecule has 0 bridgehead atoms. The molecule has 2 nitrogen and oxygen atoms in total. The van der Waals surface area contributed by atoms with Gasteiger partial charge in [-0.25, -0.2) is 13.8 Å². The Morgan fingerprint density at radius 3 is 2.31 bits per heavy atom. The molecule has 90 valence electrons. The second kappa shape index (κ2) is 4.62. The normalized spacial score (nSPS) is 12.2. The van der Waals surface area contributed by atoms with Crippen LogP contribution in [0.15, 0.2) is 10.7 Å². The summed E-state index contributed by atoms with van der Waals surface area (Å²) in [5.74, 6) is 0. The first-order chi connectivity index (χ1) is 7.27. The van der Waals surface area contributed by atoms with Crippen molar-refractivity contribution in [3.8, 4) is 0 Å². The van der Waals surface area contributed by atoms with Crippen molar-refractivity contribution in [2.24, 2.45) is 5.73 Å². The molecule has 0 radical (unpaired) electrons. The molecule has 0 atom stereocenters. The molecule has 0 amide bonds. The molecule has 0 saturated carbocycles. The Morgan fingerprint density at radius 1 is 1.38 bits per heavy atom. The molecule has 2 N–H and O–H groups in total.